The largest absolute Gasteiger partial charge is 0.465 e. The monoisotopic (exact) mass is 253 g/mol. The Kier molecular flexibility index (Phi) is 3.26. The fourth-order valence-electron chi connectivity index (χ4n) is 1.15. The molecule has 72 valence electrons. The maximum atomic E-state index is 11.4. The molecule has 0 fully saturated rings. The number of hydrogen-bond acceptors (Lipinski definition) is 3. The second-order valence-electron chi connectivity index (χ2n) is 2.70. The first-order chi connectivity index (χ1) is 6.61. The van der Waals surface area contributed by atoms with Gasteiger partial charge in [0, 0.05) is 4.47 Å². The van der Waals surface area contributed by atoms with Crippen LogP contribution in [-0.2, 0) is 4.74 Å². The standard InChI is InChI=1S/C10H8BrNO2/c1-6-7(5-12)3-4-8(11)9(6)10(13)14-2/h3-4H,1-2H3. The Bertz CT molecular complexity index is 421. The number of benzene rings is 1. The minimum atomic E-state index is -0.438. The summed E-state index contributed by atoms with van der Waals surface area (Å²) >= 11 is 3.24. The fourth-order valence-corrected chi connectivity index (χ4v) is 1.74. The van der Waals surface area contributed by atoms with Gasteiger partial charge in [0.1, 0.15) is 0 Å². The molecule has 1 aromatic rings. The molecule has 0 radical (unpaired) electrons. The van der Waals surface area contributed by atoms with Crippen LogP contribution in [0.3, 0.4) is 0 Å². The number of hydrogen-bond donors (Lipinski definition) is 0. The number of esters is 1. The van der Waals surface area contributed by atoms with Crippen molar-refractivity contribution in [1.82, 2.24) is 0 Å². The van der Waals surface area contributed by atoms with Crippen LogP contribution in [0.5, 0.6) is 0 Å². The van der Waals surface area contributed by atoms with Gasteiger partial charge < -0.3 is 4.74 Å². The molecule has 3 nitrogen and oxygen atoms in total. The van der Waals surface area contributed by atoms with Crippen LogP contribution >= 0.6 is 15.9 Å². The lowest BCUT2D eigenvalue weighted by Crippen LogP contribution is -2.06. The van der Waals surface area contributed by atoms with E-state index in [4.69, 9.17) is 5.26 Å². The van der Waals surface area contributed by atoms with Crippen LogP contribution in [0.15, 0.2) is 16.6 Å². The molecule has 0 heterocycles. The van der Waals surface area contributed by atoms with Gasteiger partial charge in [0.2, 0.25) is 0 Å². The van der Waals surface area contributed by atoms with E-state index in [2.05, 4.69) is 20.7 Å². The predicted molar refractivity (Wildman–Crippen MR) is 54.9 cm³/mol. The number of halogens is 1. The van der Waals surface area contributed by atoms with Crippen molar-refractivity contribution in [3.8, 4) is 6.07 Å². The van der Waals surface area contributed by atoms with Crippen LogP contribution < -0.4 is 0 Å². The van der Waals surface area contributed by atoms with E-state index >= 15 is 0 Å². The first kappa shape index (κ1) is 10.7. The highest BCUT2D eigenvalue weighted by atomic mass is 79.9. The van der Waals surface area contributed by atoms with Gasteiger partial charge in [0.25, 0.3) is 0 Å². The van der Waals surface area contributed by atoms with E-state index in [1.54, 1.807) is 19.1 Å². The molecule has 0 amide bonds. The Morgan fingerprint density at radius 2 is 2.21 bits per heavy atom. The van der Waals surface area contributed by atoms with Crippen LogP contribution in [0.1, 0.15) is 21.5 Å². The average molecular weight is 254 g/mol. The summed E-state index contributed by atoms with van der Waals surface area (Å²) in [6.07, 6.45) is 0. The SMILES string of the molecule is COC(=O)c1c(Br)ccc(C#N)c1C. The maximum Gasteiger partial charge on any atom is 0.339 e. The van der Waals surface area contributed by atoms with Crippen molar-refractivity contribution in [2.45, 2.75) is 6.92 Å². The summed E-state index contributed by atoms with van der Waals surface area (Å²) in [5.74, 6) is -0.438. The van der Waals surface area contributed by atoms with Crippen molar-refractivity contribution < 1.29 is 9.53 Å². The van der Waals surface area contributed by atoms with Gasteiger partial charge in [-0.05, 0) is 40.5 Å². The second kappa shape index (κ2) is 4.25. The molecule has 1 aromatic carbocycles. The first-order valence-corrected chi connectivity index (χ1v) is 4.68. The molecule has 0 spiro atoms. The maximum absolute atomic E-state index is 11.4. The number of rotatable bonds is 1. The Labute approximate surface area is 90.4 Å². The van der Waals surface area contributed by atoms with Crippen molar-refractivity contribution in [1.29, 1.82) is 5.26 Å². The molecule has 1 rings (SSSR count). The number of nitriles is 1. The van der Waals surface area contributed by atoms with Gasteiger partial charge in [-0.15, -0.1) is 0 Å². The van der Waals surface area contributed by atoms with Crippen LogP contribution in [0.25, 0.3) is 0 Å². The van der Waals surface area contributed by atoms with Crippen molar-refractivity contribution in [2.75, 3.05) is 7.11 Å². The van der Waals surface area contributed by atoms with Gasteiger partial charge in [-0.1, -0.05) is 0 Å². The van der Waals surface area contributed by atoms with Gasteiger partial charge in [-0.3, -0.25) is 0 Å². The van der Waals surface area contributed by atoms with E-state index in [0.29, 0.717) is 21.2 Å². The molecule has 0 aromatic heterocycles. The Morgan fingerprint density at radius 1 is 1.57 bits per heavy atom. The number of methoxy groups -OCH3 is 1. The summed E-state index contributed by atoms with van der Waals surface area (Å²) in [5, 5.41) is 8.77. The van der Waals surface area contributed by atoms with E-state index in [0.717, 1.165) is 0 Å². The smallest absolute Gasteiger partial charge is 0.339 e. The minimum absolute atomic E-state index is 0.409. The summed E-state index contributed by atoms with van der Waals surface area (Å²) in [6, 6.07) is 5.34. The quantitative estimate of drug-likeness (QED) is 0.723. The molecule has 14 heavy (non-hydrogen) atoms. The lowest BCUT2D eigenvalue weighted by Gasteiger charge is -2.07. The third-order valence-corrected chi connectivity index (χ3v) is 2.58. The first-order valence-electron chi connectivity index (χ1n) is 3.89. The van der Waals surface area contributed by atoms with Crippen LogP contribution in [0, 0.1) is 18.3 Å². The van der Waals surface area contributed by atoms with E-state index in [-0.39, 0.29) is 0 Å². The van der Waals surface area contributed by atoms with Gasteiger partial charge >= 0.3 is 5.97 Å². The summed E-state index contributed by atoms with van der Waals surface area (Å²) in [7, 11) is 1.31. The zero-order valence-corrected chi connectivity index (χ0v) is 9.38. The zero-order valence-electron chi connectivity index (χ0n) is 7.80. The van der Waals surface area contributed by atoms with E-state index in [9.17, 15) is 4.79 Å². The topological polar surface area (TPSA) is 50.1 Å². The van der Waals surface area contributed by atoms with E-state index in [1.807, 2.05) is 6.07 Å². The van der Waals surface area contributed by atoms with Gasteiger partial charge in [0.05, 0.1) is 24.3 Å². The number of ether oxygens (including phenoxy) is 1. The lowest BCUT2D eigenvalue weighted by atomic mass is 10.0. The van der Waals surface area contributed by atoms with Gasteiger partial charge in [-0.2, -0.15) is 5.26 Å². The van der Waals surface area contributed by atoms with Crippen molar-refractivity contribution in [3.63, 3.8) is 0 Å². The van der Waals surface area contributed by atoms with Crippen LogP contribution in [0.2, 0.25) is 0 Å². The van der Waals surface area contributed by atoms with Crippen LogP contribution in [-0.4, -0.2) is 13.1 Å². The van der Waals surface area contributed by atoms with E-state index in [1.165, 1.54) is 7.11 Å². The van der Waals surface area contributed by atoms with Crippen molar-refractivity contribution in [2.24, 2.45) is 0 Å². The summed E-state index contributed by atoms with van der Waals surface area (Å²) in [6.45, 7) is 1.72. The zero-order chi connectivity index (χ0) is 10.7. The fraction of sp³-hybridized carbons (Fsp3) is 0.200. The van der Waals surface area contributed by atoms with E-state index < -0.39 is 5.97 Å². The highest BCUT2D eigenvalue weighted by Crippen LogP contribution is 2.23. The summed E-state index contributed by atoms with van der Waals surface area (Å²) < 4.78 is 5.26. The third kappa shape index (κ3) is 1.78. The van der Waals surface area contributed by atoms with Gasteiger partial charge in [0.15, 0.2) is 0 Å². The molecule has 0 saturated heterocycles. The highest BCUT2D eigenvalue weighted by molar-refractivity contribution is 9.10. The molecule has 0 aliphatic rings. The predicted octanol–water partition coefficient (Wildman–Crippen LogP) is 2.42. The molecule has 0 saturated carbocycles. The summed E-state index contributed by atoms with van der Waals surface area (Å²) in [4.78, 5) is 11.4. The molecule has 0 bridgehead atoms. The molecular weight excluding hydrogens is 246 g/mol. The molecule has 4 heteroatoms. The summed E-state index contributed by atoms with van der Waals surface area (Å²) in [5.41, 5.74) is 1.52. The average Bonchev–Trinajstić information content (AvgIpc) is 2.18. The van der Waals surface area contributed by atoms with Crippen molar-refractivity contribution in [3.05, 3.63) is 33.3 Å². The Balaban J connectivity index is 3.42. The molecular formula is C10H8BrNO2. The van der Waals surface area contributed by atoms with Crippen molar-refractivity contribution >= 4 is 21.9 Å². The highest BCUT2D eigenvalue weighted by Gasteiger charge is 2.15. The number of carbonyl (C=O) groups excluding carboxylic acids is 1. The second-order valence-corrected chi connectivity index (χ2v) is 3.55. The molecule has 0 unspecified atom stereocenters. The number of nitrogens with zero attached hydrogens (tertiary/aromatic N) is 1. The lowest BCUT2D eigenvalue weighted by molar-refractivity contribution is 0.0599. The number of carbonyl (C=O) groups is 1. The van der Waals surface area contributed by atoms with Crippen LogP contribution in [0.4, 0.5) is 0 Å². The molecule has 0 aliphatic heterocycles. The molecule has 0 N–H and O–H groups in total. The third-order valence-electron chi connectivity index (χ3n) is 1.92. The normalized spacial score (nSPS) is 9.29. The molecule has 0 atom stereocenters. The van der Waals surface area contributed by atoms with Gasteiger partial charge in [-0.25, -0.2) is 4.79 Å². The Morgan fingerprint density at radius 3 is 2.71 bits per heavy atom. The Hall–Kier alpha value is -1.34. The minimum Gasteiger partial charge on any atom is -0.465 e. The molecule has 0 aliphatic carbocycles.